The summed E-state index contributed by atoms with van der Waals surface area (Å²) in [5.74, 6) is 0.935. The summed E-state index contributed by atoms with van der Waals surface area (Å²) in [4.78, 5) is 3.64. The normalized spacial score (nSPS) is 21.6. The van der Waals surface area contributed by atoms with Gasteiger partial charge < -0.3 is 15.4 Å². The zero-order chi connectivity index (χ0) is 20.0. The number of benzene rings is 3. The van der Waals surface area contributed by atoms with Crippen molar-refractivity contribution >= 4 is 49.6 Å². The molecule has 4 heteroatoms. The highest BCUT2D eigenvalue weighted by atomic mass is 32.1. The minimum atomic E-state index is -0.567. The van der Waals surface area contributed by atoms with E-state index in [1.165, 1.54) is 31.4 Å². The number of nitrogens with two attached hydrogens (primary N) is 1. The monoisotopic (exact) mass is 398 g/mol. The summed E-state index contributed by atoms with van der Waals surface area (Å²) in [6, 6.07) is 18.9. The largest absolute Gasteiger partial charge is 0.463 e. The Kier molecular flexibility index (Phi) is 3.11. The molecule has 3 heterocycles. The van der Waals surface area contributed by atoms with Crippen molar-refractivity contribution in [3.63, 3.8) is 0 Å². The Labute approximate surface area is 174 Å². The first kappa shape index (κ1) is 16.9. The Morgan fingerprint density at radius 1 is 1.00 bits per heavy atom. The van der Waals surface area contributed by atoms with Crippen LogP contribution in [-0.4, -0.2) is 12.8 Å². The topological polar surface area (TPSA) is 38.5 Å². The maximum atomic E-state index is 6.85. The number of nitrogen functional groups attached to an aromatic ring is 1. The van der Waals surface area contributed by atoms with Crippen molar-refractivity contribution in [2.24, 2.45) is 0 Å². The summed E-state index contributed by atoms with van der Waals surface area (Å²) >= 11 is 1.85. The Hall–Kier alpha value is -2.98. The average Bonchev–Trinajstić information content (AvgIpc) is 3.17. The van der Waals surface area contributed by atoms with Crippen LogP contribution in [0.5, 0.6) is 5.75 Å². The number of likely N-dealkylation sites (N-methyl/N-ethyl adjacent to an activating group) is 1. The summed E-state index contributed by atoms with van der Waals surface area (Å²) in [7, 11) is 2.14. The molecule has 0 fully saturated rings. The van der Waals surface area contributed by atoms with Gasteiger partial charge in [0.05, 0.1) is 11.1 Å². The molecular formula is C25H22N2OS. The van der Waals surface area contributed by atoms with Gasteiger partial charge in [0.2, 0.25) is 5.72 Å². The third-order valence-corrected chi connectivity index (χ3v) is 8.14. The number of hydrogen-bond donors (Lipinski definition) is 1. The van der Waals surface area contributed by atoms with Crippen LogP contribution in [0.3, 0.4) is 0 Å². The summed E-state index contributed by atoms with van der Waals surface area (Å²) in [6.45, 7) is 4.56. The Balaban J connectivity index is 1.57. The van der Waals surface area contributed by atoms with Gasteiger partial charge in [0.15, 0.2) is 0 Å². The lowest BCUT2D eigenvalue weighted by atomic mass is 9.80. The molecule has 144 valence electrons. The van der Waals surface area contributed by atoms with Gasteiger partial charge in [-0.25, -0.2) is 0 Å². The fourth-order valence-electron chi connectivity index (χ4n) is 5.06. The minimum Gasteiger partial charge on any atom is -0.463 e. The van der Waals surface area contributed by atoms with E-state index in [1.807, 2.05) is 17.4 Å². The number of ether oxygens (including phenoxy) is 1. The molecular weight excluding hydrogens is 376 g/mol. The zero-order valence-electron chi connectivity index (χ0n) is 16.7. The molecule has 2 aliphatic heterocycles. The lowest BCUT2D eigenvalue weighted by Gasteiger charge is -2.46. The molecule has 3 aromatic carbocycles. The van der Waals surface area contributed by atoms with Crippen molar-refractivity contribution in [3.8, 4) is 5.75 Å². The standard InChI is InChI=1S/C25H22N2OS/c1-24(2)23-22(19-14-16(26)9-11-21(19)29-23)27(3)25(24)13-12-18-17-7-5-4-6-15(17)8-10-20(18)28-25/h4-14H,26H2,1-3H3. The van der Waals surface area contributed by atoms with E-state index in [0.29, 0.717) is 0 Å². The zero-order valence-corrected chi connectivity index (χ0v) is 17.5. The van der Waals surface area contributed by atoms with E-state index in [9.17, 15) is 0 Å². The molecule has 1 aromatic heterocycles. The first-order valence-corrected chi connectivity index (χ1v) is 10.7. The lowest BCUT2D eigenvalue weighted by Crippen LogP contribution is -2.58. The second-order valence-electron chi connectivity index (χ2n) is 8.55. The van der Waals surface area contributed by atoms with Crippen molar-refractivity contribution in [2.75, 3.05) is 17.7 Å². The minimum absolute atomic E-state index is 0.213. The number of nitrogens with zero attached hydrogens (tertiary/aromatic N) is 1. The molecule has 1 unspecified atom stereocenters. The molecule has 0 amide bonds. The third kappa shape index (κ3) is 1.97. The number of hydrogen-bond acceptors (Lipinski definition) is 4. The van der Waals surface area contributed by atoms with Crippen LogP contribution in [0.15, 0.2) is 60.7 Å². The van der Waals surface area contributed by atoms with E-state index >= 15 is 0 Å². The molecule has 3 nitrogen and oxygen atoms in total. The molecule has 29 heavy (non-hydrogen) atoms. The van der Waals surface area contributed by atoms with E-state index in [1.54, 1.807) is 0 Å². The molecule has 2 N–H and O–H groups in total. The summed E-state index contributed by atoms with van der Waals surface area (Å²) in [5, 5.41) is 3.66. The van der Waals surface area contributed by atoms with Gasteiger partial charge in [-0.05, 0) is 61.0 Å². The van der Waals surface area contributed by atoms with Crippen LogP contribution in [0.1, 0.15) is 24.3 Å². The summed E-state index contributed by atoms with van der Waals surface area (Å²) < 4.78 is 8.12. The van der Waals surface area contributed by atoms with Crippen molar-refractivity contribution in [1.29, 1.82) is 0 Å². The van der Waals surface area contributed by atoms with Crippen molar-refractivity contribution in [2.45, 2.75) is 25.0 Å². The number of fused-ring (bicyclic) bond motifs is 6. The first-order chi connectivity index (χ1) is 13.9. The SMILES string of the molecule is CN1c2c(sc3ccc(N)cc23)C(C)(C)C12C=Cc1c(ccc3ccccc13)O2. The van der Waals surface area contributed by atoms with Gasteiger partial charge in [-0.15, -0.1) is 11.3 Å². The van der Waals surface area contributed by atoms with E-state index in [4.69, 9.17) is 10.5 Å². The van der Waals surface area contributed by atoms with Crippen molar-refractivity contribution < 1.29 is 4.74 Å². The van der Waals surface area contributed by atoms with Gasteiger partial charge in [0.1, 0.15) is 5.75 Å². The van der Waals surface area contributed by atoms with Gasteiger partial charge in [-0.3, -0.25) is 0 Å². The van der Waals surface area contributed by atoms with E-state index in [-0.39, 0.29) is 5.41 Å². The quantitative estimate of drug-likeness (QED) is 0.360. The van der Waals surface area contributed by atoms with Crippen LogP contribution in [0.2, 0.25) is 0 Å². The molecule has 1 atom stereocenters. The van der Waals surface area contributed by atoms with E-state index < -0.39 is 5.72 Å². The van der Waals surface area contributed by atoms with Gasteiger partial charge >= 0.3 is 0 Å². The lowest BCUT2D eigenvalue weighted by molar-refractivity contribution is 0.0595. The van der Waals surface area contributed by atoms with Crippen LogP contribution in [-0.2, 0) is 5.41 Å². The molecule has 0 bridgehead atoms. The van der Waals surface area contributed by atoms with E-state index in [2.05, 4.69) is 86.5 Å². The van der Waals surface area contributed by atoms with Crippen LogP contribution in [0.4, 0.5) is 11.4 Å². The van der Waals surface area contributed by atoms with Crippen LogP contribution < -0.4 is 15.4 Å². The molecule has 0 saturated carbocycles. The number of thiophene rings is 1. The van der Waals surface area contributed by atoms with Gasteiger partial charge in [0, 0.05) is 33.3 Å². The van der Waals surface area contributed by atoms with Crippen molar-refractivity contribution in [3.05, 3.63) is 71.1 Å². The van der Waals surface area contributed by atoms with Crippen LogP contribution >= 0.6 is 11.3 Å². The molecule has 0 aliphatic carbocycles. The van der Waals surface area contributed by atoms with E-state index in [0.717, 1.165) is 17.0 Å². The highest BCUT2D eigenvalue weighted by Crippen LogP contribution is 2.59. The van der Waals surface area contributed by atoms with Gasteiger partial charge in [0.25, 0.3) is 0 Å². The molecule has 0 radical (unpaired) electrons. The van der Waals surface area contributed by atoms with Crippen LogP contribution in [0.25, 0.3) is 26.9 Å². The first-order valence-electron chi connectivity index (χ1n) is 9.89. The Morgan fingerprint density at radius 3 is 2.69 bits per heavy atom. The molecule has 6 rings (SSSR count). The van der Waals surface area contributed by atoms with Crippen molar-refractivity contribution in [1.82, 2.24) is 0 Å². The second-order valence-corrected chi connectivity index (χ2v) is 9.60. The highest BCUT2D eigenvalue weighted by Gasteiger charge is 2.59. The predicted molar refractivity (Wildman–Crippen MR) is 124 cm³/mol. The van der Waals surface area contributed by atoms with Gasteiger partial charge in [-0.2, -0.15) is 0 Å². The number of rotatable bonds is 0. The molecule has 1 spiro atoms. The Morgan fingerprint density at radius 2 is 1.83 bits per heavy atom. The predicted octanol–water partition coefficient (Wildman–Crippen LogP) is 6.17. The highest BCUT2D eigenvalue weighted by molar-refractivity contribution is 7.20. The summed E-state index contributed by atoms with van der Waals surface area (Å²) in [5.41, 5.74) is 8.52. The molecule has 0 saturated heterocycles. The molecule has 2 aliphatic rings. The fraction of sp³-hybridized carbons (Fsp3) is 0.200. The smallest absolute Gasteiger partial charge is 0.212 e. The third-order valence-electron chi connectivity index (χ3n) is 6.65. The Bertz CT molecular complexity index is 1350. The average molecular weight is 399 g/mol. The van der Waals surface area contributed by atoms with Crippen LogP contribution in [0, 0.1) is 0 Å². The maximum Gasteiger partial charge on any atom is 0.212 e. The summed E-state index contributed by atoms with van der Waals surface area (Å²) in [6.07, 6.45) is 4.49. The van der Waals surface area contributed by atoms with Gasteiger partial charge in [-0.1, -0.05) is 30.3 Å². The maximum absolute atomic E-state index is 6.85. The second kappa shape index (κ2) is 5.33. The molecule has 4 aromatic rings. The number of anilines is 2. The fourth-order valence-corrected chi connectivity index (χ4v) is 6.42.